The Morgan fingerprint density at radius 2 is 2.00 bits per heavy atom. The van der Waals surface area contributed by atoms with Gasteiger partial charge >= 0.3 is 5.97 Å². The van der Waals surface area contributed by atoms with Gasteiger partial charge in [-0.1, -0.05) is 18.8 Å². The number of carbonyl (C=O) groups is 1. The lowest BCUT2D eigenvalue weighted by Crippen LogP contribution is -2.25. The van der Waals surface area contributed by atoms with Crippen LogP contribution in [0, 0.1) is 17.8 Å². The molecule has 1 rings (SSSR count). The number of hydrogen-bond donors (Lipinski definition) is 1. The SMILES string of the molecule is C#CC1(C(=O)O)CCCC1. The molecule has 0 aliphatic heterocycles. The zero-order valence-corrected chi connectivity index (χ0v) is 5.76. The Bertz CT molecular complexity index is 182. The van der Waals surface area contributed by atoms with Crippen molar-refractivity contribution in [3.8, 4) is 12.3 Å². The van der Waals surface area contributed by atoms with Gasteiger partial charge in [-0.15, -0.1) is 6.42 Å². The van der Waals surface area contributed by atoms with Crippen molar-refractivity contribution in [2.75, 3.05) is 0 Å². The molecule has 1 aliphatic carbocycles. The van der Waals surface area contributed by atoms with Crippen LogP contribution in [0.3, 0.4) is 0 Å². The van der Waals surface area contributed by atoms with Crippen LogP contribution in [-0.4, -0.2) is 11.1 Å². The second-order valence-corrected chi connectivity index (χ2v) is 2.74. The maximum atomic E-state index is 10.6. The Labute approximate surface area is 60.2 Å². The molecule has 54 valence electrons. The van der Waals surface area contributed by atoms with E-state index in [1.807, 2.05) is 0 Å². The summed E-state index contributed by atoms with van der Waals surface area (Å²) in [4.78, 5) is 10.6. The first kappa shape index (κ1) is 7.14. The number of carboxylic acids is 1. The quantitative estimate of drug-likeness (QED) is 0.554. The fourth-order valence-corrected chi connectivity index (χ4v) is 1.40. The van der Waals surface area contributed by atoms with Gasteiger partial charge < -0.3 is 5.11 Å². The first-order chi connectivity index (χ1) is 4.71. The molecule has 1 N–H and O–H groups in total. The van der Waals surface area contributed by atoms with E-state index in [9.17, 15) is 4.79 Å². The van der Waals surface area contributed by atoms with Crippen molar-refractivity contribution in [2.24, 2.45) is 5.41 Å². The van der Waals surface area contributed by atoms with Crippen LogP contribution in [0.15, 0.2) is 0 Å². The molecule has 2 heteroatoms. The molecular weight excluding hydrogens is 128 g/mol. The van der Waals surface area contributed by atoms with E-state index in [0.29, 0.717) is 12.8 Å². The molecule has 1 saturated carbocycles. The standard InChI is InChI=1S/C8H10O2/c1-2-8(7(9)10)5-3-4-6-8/h1H,3-6H2,(H,9,10). The van der Waals surface area contributed by atoms with Crippen molar-refractivity contribution in [1.29, 1.82) is 0 Å². The molecule has 1 fully saturated rings. The molecule has 0 aromatic heterocycles. The van der Waals surface area contributed by atoms with Gasteiger partial charge in [-0.05, 0) is 12.8 Å². The molecular formula is C8H10O2. The molecule has 1 aliphatic rings. The largest absolute Gasteiger partial charge is 0.480 e. The van der Waals surface area contributed by atoms with E-state index in [1.54, 1.807) is 0 Å². The highest BCUT2D eigenvalue weighted by Crippen LogP contribution is 2.37. The topological polar surface area (TPSA) is 37.3 Å². The van der Waals surface area contributed by atoms with E-state index >= 15 is 0 Å². The fourth-order valence-electron chi connectivity index (χ4n) is 1.40. The van der Waals surface area contributed by atoms with Gasteiger partial charge in [0.15, 0.2) is 0 Å². The van der Waals surface area contributed by atoms with Crippen LogP contribution in [0.2, 0.25) is 0 Å². The average molecular weight is 138 g/mol. The fraction of sp³-hybridized carbons (Fsp3) is 0.625. The van der Waals surface area contributed by atoms with Crippen LogP contribution in [0.1, 0.15) is 25.7 Å². The molecule has 0 atom stereocenters. The van der Waals surface area contributed by atoms with Crippen LogP contribution < -0.4 is 0 Å². The minimum Gasteiger partial charge on any atom is -0.480 e. The summed E-state index contributed by atoms with van der Waals surface area (Å²) in [6.45, 7) is 0. The van der Waals surface area contributed by atoms with E-state index in [1.165, 1.54) is 0 Å². The maximum absolute atomic E-state index is 10.6. The highest BCUT2D eigenvalue weighted by atomic mass is 16.4. The van der Waals surface area contributed by atoms with Crippen LogP contribution >= 0.6 is 0 Å². The monoisotopic (exact) mass is 138 g/mol. The number of rotatable bonds is 1. The highest BCUT2D eigenvalue weighted by Gasteiger charge is 2.39. The predicted molar refractivity (Wildman–Crippen MR) is 37.4 cm³/mol. The van der Waals surface area contributed by atoms with Crippen molar-refractivity contribution < 1.29 is 9.90 Å². The van der Waals surface area contributed by atoms with Crippen LogP contribution in [0.25, 0.3) is 0 Å². The van der Waals surface area contributed by atoms with Gasteiger partial charge in [0.2, 0.25) is 0 Å². The van der Waals surface area contributed by atoms with Gasteiger partial charge in [-0.2, -0.15) is 0 Å². The summed E-state index contributed by atoms with van der Waals surface area (Å²) in [5, 5.41) is 8.72. The van der Waals surface area contributed by atoms with Crippen molar-refractivity contribution in [1.82, 2.24) is 0 Å². The second-order valence-electron chi connectivity index (χ2n) is 2.74. The lowest BCUT2D eigenvalue weighted by Gasteiger charge is -2.14. The Balaban J connectivity index is 2.80. The smallest absolute Gasteiger partial charge is 0.321 e. The lowest BCUT2D eigenvalue weighted by atomic mass is 9.88. The van der Waals surface area contributed by atoms with Gasteiger partial charge in [-0.25, -0.2) is 0 Å². The summed E-state index contributed by atoms with van der Waals surface area (Å²) in [6, 6.07) is 0. The maximum Gasteiger partial charge on any atom is 0.321 e. The highest BCUT2D eigenvalue weighted by molar-refractivity contribution is 5.78. The van der Waals surface area contributed by atoms with Gasteiger partial charge in [0.05, 0.1) is 0 Å². The first-order valence-electron chi connectivity index (χ1n) is 3.42. The van der Waals surface area contributed by atoms with E-state index in [0.717, 1.165) is 12.8 Å². The van der Waals surface area contributed by atoms with Crippen LogP contribution in [0.4, 0.5) is 0 Å². The average Bonchev–Trinajstić information content (AvgIpc) is 2.35. The molecule has 0 heterocycles. The molecule has 0 aromatic rings. The van der Waals surface area contributed by atoms with Crippen molar-refractivity contribution in [3.63, 3.8) is 0 Å². The van der Waals surface area contributed by atoms with Crippen molar-refractivity contribution in [2.45, 2.75) is 25.7 Å². The van der Waals surface area contributed by atoms with Crippen molar-refractivity contribution in [3.05, 3.63) is 0 Å². The van der Waals surface area contributed by atoms with Crippen LogP contribution in [0.5, 0.6) is 0 Å². The number of carboxylic acid groups (broad SMARTS) is 1. The third-order valence-corrected chi connectivity index (χ3v) is 2.14. The minimum absolute atomic E-state index is 0.652. The van der Waals surface area contributed by atoms with E-state index in [-0.39, 0.29) is 0 Å². The van der Waals surface area contributed by atoms with E-state index < -0.39 is 11.4 Å². The Kier molecular flexibility index (Phi) is 1.67. The van der Waals surface area contributed by atoms with Gasteiger partial charge in [0, 0.05) is 0 Å². The number of hydrogen-bond acceptors (Lipinski definition) is 1. The third kappa shape index (κ3) is 0.881. The molecule has 0 spiro atoms. The van der Waals surface area contributed by atoms with Crippen molar-refractivity contribution >= 4 is 5.97 Å². The minimum atomic E-state index is -0.826. The molecule has 0 saturated heterocycles. The zero-order valence-electron chi connectivity index (χ0n) is 5.76. The molecule has 10 heavy (non-hydrogen) atoms. The Morgan fingerprint density at radius 1 is 1.50 bits per heavy atom. The summed E-state index contributed by atoms with van der Waals surface area (Å²) in [5.74, 6) is 1.55. The van der Waals surface area contributed by atoms with Gasteiger partial charge in [0.1, 0.15) is 5.41 Å². The summed E-state index contributed by atoms with van der Waals surface area (Å²) >= 11 is 0. The predicted octanol–water partition coefficient (Wildman–Crippen LogP) is 1.26. The van der Waals surface area contributed by atoms with Gasteiger partial charge in [-0.3, -0.25) is 4.79 Å². The molecule has 0 aromatic carbocycles. The Morgan fingerprint density at radius 3 is 2.20 bits per heavy atom. The number of aliphatic carboxylic acids is 1. The van der Waals surface area contributed by atoms with E-state index in [4.69, 9.17) is 11.5 Å². The first-order valence-corrected chi connectivity index (χ1v) is 3.42. The summed E-state index contributed by atoms with van der Waals surface area (Å²) in [6.07, 6.45) is 8.35. The normalized spacial score (nSPS) is 21.9. The van der Waals surface area contributed by atoms with Crippen LogP contribution in [-0.2, 0) is 4.79 Å². The molecule has 0 amide bonds. The molecule has 2 nitrogen and oxygen atoms in total. The third-order valence-electron chi connectivity index (χ3n) is 2.14. The zero-order chi connectivity index (χ0) is 7.61. The number of terminal acetylenes is 1. The van der Waals surface area contributed by atoms with E-state index in [2.05, 4.69) is 5.92 Å². The summed E-state index contributed by atoms with van der Waals surface area (Å²) in [5.41, 5.74) is -0.819. The second kappa shape index (κ2) is 2.34. The summed E-state index contributed by atoms with van der Waals surface area (Å²) < 4.78 is 0. The van der Waals surface area contributed by atoms with Gasteiger partial charge in [0.25, 0.3) is 0 Å². The molecule has 0 unspecified atom stereocenters. The lowest BCUT2D eigenvalue weighted by molar-refractivity contribution is -0.145. The molecule has 0 radical (unpaired) electrons. The molecule has 0 bridgehead atoms. The Hall–Kier alpha value is -0.970. The summed E-state index contributed by atoms with van der Waals surface area (Å²) in [7, 11) is 0.